The molecule has 1 aromatic carbocycles. The lowest BCUT2D eigenvalue weighted by Crippen LogP contribution is -2.28. The van der Waals surface area contributed by atoms with Gasteiger partial charge in [0.2, 0.25) is 0 Å². The van der Waals surface area contributed by atoms with Crippen molar-refractivity contribution in [1.29, 1.82) is 0 Å². The van der Waals surface area contributed by atoms with E-state index in [1.807, 2.05) is 29.6 Å². The van der Waals surface area contributed by atoms with Crippen LogP contribution in [0.4, 0.5) is 9.80 Å². The van der Waals surface area contributed by atoms with E-state index >= 15 is 0 Å². The summed E-state index contributed by atoms with van der Waals surface area (Å²) in [5.74, 6) is 0.529. The van der Waals surface area contributed by atoms with Crippen molar-refractivity contribution < 1.29 is 9.53 Å². The van der Waals surface area contributed by atoms with Gasteiger partial charge >= 0.3 is 6.09 Å². The van der Waals surface area contributed by atoms with E-state index in [0.29, 0.717) is 5.75 Å². The molecule has 1 amide bonds. The van der Waals surface area contributed by atoms with Crippen LogP contribution in [-0.4, -0.2) is 13.1 Å². The monoisotopic (exact) mass is 311 g/mol. The Hall–Kier alpha value is -1.33. The van der Waals surface area contributed by atoms with Gasteiger partial charge in [0.1, 0.15) is 10.8 Å². The third-order valence-electron chi connectivity index (χ3n) is 2.13. The maximum absolute atomic E-state index is 11.8. The highest BCUT2D eigenvalue weighted by molar-refractivity contribution is 9.10. The number of carbonyl (C=O) groups is 1. The van der Waals surface area contributed by atoms with Gasteiger partial charge in [-0.1, -0.05) is 15.9 Å². The molecule has 0 aliphatic carbocycles. The highest BCUT2D eigenvalue weighted by atomic mass is 79.9. The first-order valence-electron chi connectivity index (χ1n) is 4.91. The van der Waals surface area contributed by atoms with Gasteiger partial charge in [-0.3, -0.25) is 4.90 Å². The molecule has 0 unspecified atom stereocenters. The number of anilines is 1. The summed E-state index contributed by atoms with van der Waals surface area (Å²) < 4.78 is 6.18. The molecule has 0 aliphatic rings. The fourth-order valence-corrected chi connectivity index (χ4v) is 2.17. The largest absolute Gasteiger partial charge is 0.420 e. The zero-order valence-corrected chi connectivity index (χ0v) is 11.5. The minimum atomic E-state index is -0.394. The molecule has 2 aromatic rings. The van der Waals surface area contributed by atoms with Crippen LogP contribution in [0, 0.1) is 0 Å². The maximum atomic E-state index is 11.8. The topological polar surface area (TPSA) is 29.5 Å². The van der Waals surface area contributed by atoms with Gasteiger partial charge in [-0.05, 0) is 41.8 Å². The Kier molecular flexibility index (Phi) is 3.81. The molecule has 5 heteroatoms. The van der Waals surface area contributed by atoms with Crippen LogP contribution in [0.2, 0.25) is 0 Å². The molecule has 0 atom stereocenters. The van der Waals surface area contributed by atoms with E-state index in [9.17, 15) is 4.79 Å². The smallest absolute Gasteiger partial charge is 0.410 e. The molecular weight excluding hydrogens is 302 g/mol. The van der Waals surface area contributed by atoms with Crippen LogP contribution in [0.15, 0.2) is 46.3 Å². The predicted molar refractivity (Wildman–Crippen MR) is 72.9 cm³/mol. The summed E-state index contributed by atoms with van der Waals surface area (Å²) >= 11 is 4.81. The van der Waals surface area contributed by atoms with Gasteiger partial charge < -0.3 is 4.74 Å². The Balaban J connectivity index is 2.04. The predicted octanol–water partition coefficient (Wildman–Crippen LogP) is 4.15. The molecule has 17 heavy (non-hydrogen) atoms. The van der Waals surface area contributed by atoms with Crippen molar-refractivity contribution in [3.8, 4) is 5.75 Å². The first kappa shape index (κ1) is 12.1. The van der Waals surface area contributed by atoms with Crippen LogP contribution in [0.1, 0.15) is 0 Å². The molecule has 88 valence electrons. The minimum Gasteiger partial charge on any atom is -0.410 e. The number of hydrogen-bond acceptors (Lipinski definition) is 3. The van der Waals surface area contributed by atoms with Gasteiger partial charge in [0.05, 0.1) is 0 Å². The van der Waals surface area contributed by atoms with Gasteiger partial charge in [0.15, 0.2) is 0 Å². The van der Waals surface area contributed by atoms with Crippen LogP contribution >= 0.6 is 27.3 Å². The first-order chi connectivity index (χ1) is 8.16. The van der Waals surface area contributed by atoms with Crippen LogP contribution in [0.5, 0.6) is 5.75 Å². The summed E-state index contributed by atoms with van der Waals surface area (Å²) in [4.78, 5) is 13.3. The van der Waals surface area contributed by atoms with E-state index in [2.05, 4.69) is 15.9 Å². The summed E-state index contributed by atoms with van der Waals surface area (Å²) in [5, 5.41) is 2.77. The first-order valence-corrected chi connectivity index (χ1v) is 6.58. The van der Waals surface area contributed by atoms with Crippen molar-refractivity contribution in [1.82, 2.24) is 0 Å². The summed E-state index contributed by atoms with van der Waals surface area (Å²) in [6.45, 7) is 0. The van der Waals surface area contributed by atoms with Gasteiger partial charge in [-0.25, -0.2) is 4.79 Å². The maximum Gasteiger partial charge on any atom is 0.420 e. The summed E-state index contributed by atoms with van der Waals surface area (Å²) in [6, 6.07) is 10.9. The van der Waals surface area contributed by atoms with Crippen LogP contribution < -0.4 is 9.64 Å². The molecule has 1 aromatic heterocycles. The van der Waals surface area contributed by atoms with Gasteiger partial charge in [0.25, 0.3) is 0 Å². The second-order valence-electron chi connectivity index (χ2n) is 3.33. The minimum absolute atomic E-state index is 0.394. The Morgan fingerprint density at radius 2 is 2.00 bits per heavy atom. The van der Waals surface area contributed by atoms with Crippen molar-refractivity contribution in [3.05, 3.63) is 46.3 Å². The van der Waals surface area contributed by atoms with E-state index in [1.54, 1.807) is 19.2 Å². The van der Waals surface area contributed by atoms with Gasteiger partial charge in [-0.15, -0.1) is 11.3 Å². The third kappa shape index (κ3) is 3.08. The summed E-state index contributed by atoms with van der Waals surface area (Å²) in [5.41, 5.74) is 0. The van der Waals surface area contributed by atoms with Gasteiger partial charge in [-0.2, -0.15) is 0 Å². The van der Waals surface area contributed by atoms with Gasteiger partial charge in [0, 0.05) is 11.5 Å². The third-order valence-corrected chi connectivity index (χ3v) is 3.60. The highest BCUT2D eigenvalue weighted by Crippen LogP contribution is 2.22. The molecule has 1 heterocycles. The van der Waals surface area contributed by atoms with Crippen molar-refractivity contribution in [2.24, 2.45) is 0 Å². The quantitative estimate of drug-likeness (QED) is 0.834. The molecule has 0 spiro atoms. The average Bonchev–Trinajstić information content (AvgIpc) is 2.84. The van der Waals surface area contributed by atoms with Crippen LogP contribution in [0.25, 0.3) is 0 Å². The normalized spacial score (nSPS) is 10.0. The van der Waals surface area contributed by atoms with Crippen LogP contribution in [-0.2, 0) is 0 Å². The lowest BCUT2D eigenvalue weighted by Gasteiger charge is -2.14. The summed E-state index contributed by atoms with van der Waals surface area (Å²) in [7, 11) is 1.69. The van der Waals surface area contributed by atoms with E-state index in [0.717, 1.165) is 9.47 Å². The molecule has 0 N–H and O–H groups in total. The van der Waals surface area contributed by atoms with Crippen molar-refractivity contribution >= 4 is 38.4 Å². The van der Waals surface area contributed by atoms with Crippen LogP contribution in [0.3, 0.4) is 0 Å². The molecule has 0 saturated carbocycles. The number of amides is 1. The van der Waals surface area contributed by atoms with E-state index < -0.39 is 6.09 Å². The molecule has 0 bridgehead atoms. The highest BCUT2D eigenvalue weighted by Gasteiger charge is 2.13. The van der Waals surface area contributed by atoms with Crippen molar-refractivity contribution in [2.75, 3.05) is 11.9 Å². The molecule has 0 radical (unpaired) electrons. The second-order valence-corrected chi connectivity index (χ2v) is 5.17. The molecule has 0 saturated heterocycles. The summed E-state index contributed by atoms with van der Waals surface area (Å²) in [6.07, 6.45) is -0.394. The molecule has 0 fully saturated rings. The lowest BCUT2D eigenvalue weighted by atomic mass is 10.3. The SMILES string of the molecule is CN(C(=O)Oc1ccc(Br)cc1)c1cccs1. The standard InChI is InChI=1S/C12H10BrNO2S/c1-14(11-3-2-8-17-11)12(15)16-10-6-4-9(13)5-7-10/h2-8H,1H3. The number of halogens is 1. The molecule has 2 rings (SSSR count). The fraction of sp³-hybridized carbons (Fsp3) is 0.0833. The Morgan fingerprint density at radius 3 is 2.59 bits per heavy atom. The Labute approximate surface area is 112 Å². The van der Waals surface area contributed by atoms with Crippen molar-refractivity contribution in [2.45, 2.75) is 0 Å². The van der Waals surface area contributed by atoms with E-state index in [1.165, 1.54) is 16.2 Å². The van der Waals surface area contributed by atoms with Crippen molar-refractivity contribution in [3.63, 3.8) is 0 Å². The average molecular weight is 312 g/mol. The Morgan fingerprint density at radius 1 is 1.29 bits per heavy atom. The van der Waals surface area contributed by atoms with E-state index in [4.69, 9.17) is 4.74 Å². The molecule has 0 aliphatic heterocycles. The number of rotatable bonds is 2. The second kappa shape index (κ2) is 5.33. The number of benzene rings is 1. The number of thiophene rings is 1. The number of ether oxygens (including phenoxy) is 1. The molecular formula is C12H10BrNO2S. The molecule has 3 nitrogen and oxygen atoms in total. The lowest BCUT2D eigenvalue weighted by molar-refractivity contribution is 0.209. The number of nitrogens with zero attached hydrogens (tertiary/aromatic N) is 1. The zero-order chi connectivity index (χ0) is 12.3. The number of hydrogen-bond donors (Lipinski definition) is 0. The zero-order valence-electron chi connectivity index (χ0n) is 9.09. The van der Waals surface area contributed by atoms with E-state index in [-0.39, 0.29) is 0 Å². The Bertz CT molecular complexity index is 496. The number of carbonyl (C=O) groups excluding carboxylic acids is 1. The fourth-order valence-electron chi connectivity index (χ4n) is 1.22.